The minimum atomic E-state index is -1.70. The van der Waals surface area contributed by atoms with Gasteiger partial charge in [0.15, 0.2) is 8.32 Å². The highest BCUT2D eigenvalue weighted by Gasteiger charge is 2.36. The number of benzene rings is 2. The molecule has 0 heterocycles. The van der Waals surface area contributed by atoms with Crippen molar-refractivity contribution >= 4 is 8.32 Å². The molecule has 2 aromatic rings. The van der Waals surface area contributed by atoms with E-state index in [-0.39, 0.29) is 11.1 Å². The van der Waals surface area contributed by atoms with Crippen molar-refractivity contribution in [3.63, 3.8) is 0 Å². The molecule has 0 unspecified atom stereocenters. The molecule has 2 rings (SSSR count). The summed E-state index contributed by atoms with van der Waals surface area (Å²) >= 11 is 0. The molecule has 28 heavy (non-hydrogen) atoms. The van der Waals surface area contributed by atoms with E-state index < -0.39 is 8.32 Å². The van der Waals surface area contributed by atoms with E-state index in [9.17, 15) is 0 Å². The van der Waals surface area contributed by atoms with Crippen molar-refractivity contribution in [3.8, 4) is 0 Å². The lowest BCUT2D eigenvalue weighted by molar-refractivity contribution is 0.213. The highest BCUT2D eigenvalue weighted by Crippen LogP contribution is 2.36. The summed E-state index contributed by atoms with van der Waals surface area (Å²) in [5.74, 6) is 0. The zero-order valence-corrected chi connectivity index (χ0v) is 19.3. The van der Waals surface area contributed by atoms with E-state index in [1.54, 1.807) is 0 Å². The molecule has 0 aliphatic carbocycles. The number of hydrogen-bond acceptors (Lipinski definition) is 3. The first-order valence-electron chi connectivity index (χ1n) is 10.4. The molecule has 0 aliphatic rings. The van der Waals surface area contributed by atoms with Gasteiger partial charge in [-0.3, -0.25) is 4.90 Å². The lowest BCUT2D eigenvalue weighted by atomic mass is 10.1. The highest BCUT2D eigenvalue weighted by molar-refractivity contribution is 6.74. The summed E-state index contributed by atoms with van der Waals surface area (Å²) < 4.78 is 6.32. The van der Waals surface area contributed by atoms with Crippen LogP contribution in [-0.4, -0.2) is 32.4 Å². The Labute approximate surface area is 173 Å². The molecular weight excluding hydrogens is 360 g/mol. The second-order valence-electron chi connectivity index (χ2n) is 9.30. The molecule has 2 N–H and O–H groups in total. The van der Waals surface area contributed by atoms with Crippen LogP contribution in [-0.2, 0) is 17.5 Å². The predicted octanol–water partition coefficient (Wildman–Crippen LogP) is 5.43. The number of hydrogen-bond donors (Lipinski definition) is 1. The fraction of sp³-hybridized carbons (Fsp3) is 0.500. The molecule has 1 atom stereocenters. The van der Waals surface area contributed by atoms with Crippen LogP contribution in [0.25, 0.3) is 0 Å². The van der Waals surface area contributed by atoms with E-state index in [1.807, 2.05) is 0 Å². The van der Waals surface area contributed by atoms with Crippen LogP contribution in [0.4, 0.5) is 0 Å². The Kier molecular flexibility index (Phi) is 8.44. The molecule has 0 radical (unpaired) electrons. The van der Waals surface area contributed by atoms with Gasteiger partial charge in [-0.15, -0.1) is 0 Å². The summed E-state index contributed by atoms with van der Waals surface area (Å²) in [7, 11) is -1.70. The van der Waals surface area contributed by atoms with Crippen molar-refractivity contribution in [2.24, 2.45) is 5.73 Å². The molecule has 4 heteroatoms. The van der Waals surface area contributed by atoms with E-state index in [0.717, 1.165) is 32.7 Å². The Morgan fingerprint density at radius 3 is 1.79 bits per heavy atom. The zero-order chi connectivity index (χ0) is 20.6. The average Bonchev–Trinajstić information content (AvgIpc) is 2.62. The average molecular weight is 399 g/mol. The quantitative estimate of drug-likeness (QED) is 0.542. The van der Waals surface area contributed by atoms with Crippen LogP contribution in [0.2, 0.25) is 18.1 Å². The van der Waals surface area contributed by atoms with Crippen LogP contribution in [0.3, 0.4) is 0 Å². The first kappa shape index (κ1) is 22.8. The second-order valence-corrected chi connectivity index (χ2v) is 14.1. The smallest absolute Gasteiger partial charge is 0.191 e. The SMILES string of the molecule is CC(C)(C)[Si](C)(C)OCC[C@@H](N)CN(Cc1ccccc1)Cc1ccccc1. The number of nitrogens with zero attached hydrogens (tertiary/aromatic N) is 1. The van der Waals surface area contributed by atoms with Gasteiger partial charge in [-0.05, 0) is 35.7 Å². The van der Waals surface area contributed by atoms with E-state index in [2.05, 4.69) is 99.4 Å². The maximum Gasteiger partial charge on any atom is 0.191 e. The summed E-state index contributed by atoms with van der Waals surface area (Å²) in [6.07, 6.45) is 0.895. The molecule has 3 nitrogen and oxygen atoms in total. The number of rotatable bonds is 10. The molecule has 0 amide bonds. The van der Waals surface area contributed by atoms with Crippen molar-refractivity contribution in [1.29, 1.82) is 0 Å². The standard InChI is InChI=1S/C24H38N2OSi/c1-24(2,3)28(4,5)27-17-16-23(25)20-26(18-21-12-8-6-9-13-21)19-22-14-10-7-11-15-22/h6-15,23H,16-20,25H2,1-5H3/t23-/m1/s1. The fourth-order valence-corrected chi connectivity index (χ4v) is 4.03. The third-order valence-electron chi connectivity index (χ3n) is 5.75. The van der Waals surface area contributed by atoms with Crippen LogP contribution >= 0.6 is 0 Å². The third kappa shape index (κ3) is 7.51. The molecule has 0 saturated heterocycles. The molecule has 0 aromatic heterocycles. The van der Waals surface area contributed by atoms with Gasteiger partial charge in [0.25, 0.3) is 0 Å². The van der Waals surface area contributed by atoms with Crippen molar-refractivity contribution in [2.75, 3.05) is 13.2 Å². The predicted molar refractivity (Wildman–Crippen MR) is 123 cm³/mol. The largest absolute Gasteiger partial charge is 0.417 e. The lowest BCUT2D eigenvalue weighted by Crippen LogP contribution is -2.43. The Balaban J connectivity index is 1.93. The summed E-state index contributed by atoms with van der Waals surface area (Å²) in [6.45, 7) is 14.9. The molecule has 0 saturated carbocycles. The summed E-state index contributed by atoms with van der Waals surface area (Å²) in [5, 5.41) is 0.240. The van der Waals surface area contributed by atoms with Crippen LogP contribution in [0.15, 0.2) is 60.7 Å². The molecule has 154 valence electrons. The fourth-order valence-electron chi connectivity index (χ4n) is 2.97. The molecule has 0 bridgehead atoms. The maximum atomic E-state index is 6.51. The Morgan fingerprint density at radius 1 is 0.893 bits per heavy atom. The Hall–Kier alpha value is -1.46. The van der Waals surface area contributed by atoms with Gasteiger partial charge in [-0.25, -0.2) is 0 Å². The molecule has 0 aliphatic heterocycles. The zero-order valence-electron chi connectivity index (χ0n) is 18.3. The topological polar surface area (TPSA) is 38.5 Å². The van der Waals surface area contributed by atoms with Gasteiger partial charge in [0.2, 0.25) is 0 Å². The first-order chi connectivity index (χ1) is 13.2. The van der Waals surface area contributed by atoms with Crippen LogP contribution < -0.4 is 5.73 Å². The van der Waals surface area contributed by atoms with Crippen molar-refractivity contribution < 1.29 is 4.43 Å². The third-order valence-corrected chi connectivity index (χ3v) is 10.3. The van der Waals surface area contributed by atoms with Gasteiger partial charge in [-0.1, -0.05) is 81.4 Å². The van der Waals surface area contributed by atoms with Crippen LogP contribution in [0, 0.1) is 0 Å². The first-order valence-corrected chi connectivity index (χ1v) is 13.3. The van der Waals surface area contributed by atoms with E-state index >= 15 is 0 Å². The van der Waals surface area contributed by atoms with Gasteiger partial charge in [-0.2, -0.15) is 0 Å². The maximum absolute atomic E-state index is 6.51. The van der Waals surface area contributed by atoms with Crippen molar-refractivity contribution in [3.05, 3.63) is 71.8 Å². The summed E-state index contributed by atoms with van der Waals surface area (Å²) in [6, 6.07) is 21.4. The lowest BCUT2D eigenvalue weighted by Gasteiger charge is -2.36. The van der Waals surface area contributed by atoms with E-state index in [1.165, 1.54) is 11.1 Å². The normalized spacial score (nSPS) is 13.7. The van der Waals surface area contributed by atoms with Crippen LogP contribution in [0.5, 0.6) is 0 Å². The second kappa shape index (κ2) is 10.4. The molecular formula is C24H38N2OSi. The van der Waals surface area contributed by atoms with Gasteiger partial charge in [0, 0.05) is 32.3 Å². The minimum absolute atomic E-state index is 0.109. The van der Waals surface area contributed by atoms with E-state index in [0.29, 0.717) is 0 Å². The van der Waals surface area contributed by atoms with E-state index in [4.69, 9.17) is 10.2 Å². The van der Waals surface area contributed by atoms with Gasteiger partial charge < -0.3 is 10.2 Å². The molecule has 2 aromatic carbocycles. The van der Waals surface area contributed by atoms with Crippen molar-refractivity contribution in [2.45, 2.75) is 64.5 Å². The summed E-state index contributed by atoms with van der Waals surface area (Å²) in [4.78, 5) is 2.45. The number of nitrogens with two attached hydrogens (primary N) is 1. The van der Waals surface area contributed by atoms with Gasteiger partial charge in [0.1, 0.15) is 0 Å². The monoisotopic (exact) mass is 398 g/mol. The Morgan fingerprint density at radius 2 is 1.36 bits per heavy atom. The van der Waals surface area contributed by atoms with Gasteiger partial charge >= 0.3 is 0 Å². The molecule has 0 fully saturated rings. The highest BCUT2D eigenvalue weighted by atomic mass is 28.4. The van der Waals surface area contributed by atoms with Crippen LogP contribution in [0.1, 0.15) is 38.3 Å². The van der Waals surface area contributed by atoms with Crippen molar-refractivity contribution in [1.82, 2.24) is 4.90 Å². The summed E-state index contributed by atoms with van der Waals surface area (Å²) in [5.41, 5.74) is 9.16. The minimum Gasteiger partial charge on any atom is -0.417 e. The molecule has 0 spiro atoms. The Bertz CT molecular complexity index is 641. The van der Waals surface area contributed by atoms with Gasteiger partial charge in [0.05, 0.1) is 0 Å².